The first-order valence-electron chi connectivity index (χ1n) is 13.4. The van der Waals surface area contributed by atoms with E-state index < -0.39 is 51.9 Å². The van der Waals surface area contributed by atoms with Crippen LogP contribution in [0.15, 0.2) is 64.3 Å². The van der Waals surface area contributed by atoms with Gasteiger partial charge in [-0.25, -0.2) is 13.9 Å². The number of aromatic amines is 1. The third-order valence-electron chi connectivity index (χ3n) is 6.23. The van der Waals surface area contributed by atoms with Crippen LogP contribution in [0.2, 0.25) is 0 Å². The van der Waals surface area contributed by atoms with Gasteiger partial charge in [-0.1, -0.05) is 44.0 Å². The minimum absolute atomic E-state index is 0. The predicted octanol–water partition coefficient (Wildman–Crippen LogP) is 2.91. The Labute approximate surface area is 311 Å². The summed E-state index contributed by atoms with van der Waals surface area (Å²) < 4.78 is 53.6. The topological polar surface area (TPSA) is 234 Å². The van der Waals surface area contributed by atoms with Gasteiger partial charge in [0.25, 0.3) is 5.56 Å². The maximum absolute atomic E-state index is 13.1. The van der Waals surface area contributed by atoms with Crippen molar-refractivity contribution in [2.45, 2.75) is 31.8 Å². The van der Waals surface area contributed by atoms with Crippen molar-refractivity contribution in [3.63, 3.8) is 0 Å². The van der Waals surface area contributed by atoms with Gasteiger partial charge in [0.05, 0.1) is 17.3 Å². The number of H-pyrrole nitrogens is 1. The fourth-order valence-electron chi connectivity index (χ4n) is 4.24. The number of phosphoric acid groups is 2. The molecule has 2 heterocycles. The summed E-state index contributed by atoms with van der Waals surface area (Å²) in [5, 5.41) is 5.11. The summed E-state index contributed by atoms with van der Waals surface area (Å²) in [5.41, 5.74) is -0.770. The summed E-state index contributed by atoms with van der Waals surface area (Å²) in [6.07, 6.45) is -2.93. The van der Waals surface area contributed by atoms with Crippen LogP contribution in [0.4, 0.5) is 11.4 Å². The molecule has 0 aliphatic carbocycles. The summed E-state index contributed by atoms with van der Waals surface area (Å²) >= 11 is 6.03. The van der Waals surface area contributed by atoms with E-state index >= 15 is 0 Å². The first kappa shape index (κ1) is 40.3. The van der Waals surface area contributed by atoms with Gasteiger partial charge in [0.1, 0.15) is 29.9 Å². The van der Waals surface area contributed by atoms with E-state index in [0.29, 0.717) is 0 Å². The summed E-state index contributed by atoms with van der Waals surface area (Å²) in [6.45, 7) is 0.711. The molecule has 256 valence electrons. The number of aromatic nitrogens is 2. The molecule has 48 heavy (non-hydrogen) atoms. The van der Waals surface area contributed by atoms with Crippen LogP contribution in [0.5, 0.6) is 11.5 Å². The number of aryl methyl sites for hydroxylation is 1. The van der Waals surface area contributed by atoms with E-state index in [9.17, 15) is 38.1 Å². The molecule has 1 fully saturated rings. The van der Waals surface area contributed by atoms with Crippen LogP contribution in [0.25, 0.3) is 0 Å². The van der Waals surface area contributed by atoms with Crippen LogP contribution in [-0.4, -0.2) is 90.2 Å². The van der Waals surface area contributed by atoms with Crippen LogP contribution >= 0.6 is 47.5 Å². The molecule has 4 rings (SSSR count). The monoisotopic (exact) mass is 848 g/mol. The maximum atomic E-state index is 13.1. The Hall–Kier alpha value is -2.12. The Morgan fingerprint density at radius 1 is 0.979 bits per heavy atom. The zero-order valence-corrected chi connectivity index (χ0v) is 29.2. The number of nitrogens with one attached hydrogen (secondary N) is 3. The van der Waals surface area contributed by atoms with Crippen LogP contribution < -0.4 is 30.9 Å². The average Bonchev–Trinajstić information content (AvgIpc) is 3.39. The zero-order chi connectivity index (χ0) is 34.4. The molecule has 1 saturated heterocycles. The zero-order valence-electron chi connectivity index (χ0n) is 24.2. The number of rotatable bonds is 14. The van der Waals surface area contributed by atoms with Crippen molar-refractivity contribution < 1.29 is 51.3 Å². The van der Waals surface area contributed by atoms with Gasteiger partial charge >= 0.3 is 50.9 Å². The normalized spacial score (nSPS) is 19.6. The number of hydrogen-bond donors (Lipinski definition) is 5. The van der Waals surface area contributed by atoms with E-state index in [1.54, 1.807) is 0 Å². The van der Waals surface area contributed by atoms with Crippen molar-refractivity contribution in [3.05, 3.63) is 81.1 Å². The number of carbonyl (C=O) groups excluding carboxylic acids is 2. The number of hydrogen-bond acceptors (Lipinski definition) is 11. The fourth-order valence-corrected chi connectivity index (χ4v) is 6.27. The third kappa shape index (κ3) is 11.7. The number of alkyl halides is 2. The Morgan fingerprint density at radius 3 is 2.06 bits per heavy atom. The molecule has 1 aliphatic heterocycles. The Bertz CT molecular complexity index is 1850. The molecule has 0 spiro atoms. The molecule has 17 nitrogen and oxygen atoms in total. The van der Waals surface area contributed by atoms with Crippen molar-refractivity contribution in [2.24, 2.45) is 0 Å². The van der Waals surface area contributed by atoms with Gasteiger partial charge in [-0.15, -0.1) is 0 Å². The van der Waals surface area contributed by atoms with Gasteiger partial charge in [-0.2, -0.15) is 0 Å². The van der Waals surface area contributed by atoms with Crippen LogP contribution in [0.1, 0.15) is 18.2 Å². The SMILES string of the molecule is Cc1cn(C2CC(OP(=O)(O)Oc3cccc(NC(=O)CBr)c3)C(COP(=O)(O)Oc3cccc(NC(=O)CBr)c3)O2)c(=O)[nH]c1=O.[NaH]. The molecule has 5 unspecified atom stereocenters. The van der Waals surface area contributed by atoms with Gasteiger partial charge in [0.2, 0.25) is 11.8 Å². The number of ether oxygens (including phenoxy) is 1. The number of carbonyl (C=O) groups is 2. The Morgan fingerprint density at radius 2 is 1.52 bits per heavy atom. The quantitative estimate of drug-likeness (QED) is 0.0894. The van der Waals surface area contributed by atoms with Gasteiger partial charge in [-0.05, 0) is 31.2 Å². The van der Waals surface area contributed by atoms with E-state index in [0.717, 1.165) is 4.57 Å². The van der Waals surface area contributed by atoms with E-state index in [1.165, 1.54) is 61.7 Å². The summed E-state index contributed by atoms with van der Waals surface area (Å²) in [4.78, 5) is 71.0. The molecule has 1 aromatic heterocycles. The molecular formula is C26H29Br2N4NaO13P2. The molecule has 5 atom stereocenters. The first-order chi connectivity index (χ1) is 22.2. The number of phosphoric ester groups is 2. The summed E-state index contributed by atoms with van der Waals surface area (Å²) in [6, 6.07) is 11.2. The van der Waals surface area contributed by atoms with Crippen molar-refractivity contribution in [1.82, 2.24) is 9.55 Å². The van der Waals surface area contributed by atoms with Crippen molar-refractivity contribution in [1.29, 1.82) is 0 Å². The molecule has 3 aromatic rings. The van der Waals surface area contributed by atoms with E-state index in [2.05, 4.69) is 47.5 Å². The first-order valence-corrected chi connectivity index (χ1v) is 18.7. The average molecular weight is 850 g/mol. The summed E-state index contributed by atoms with van der Waals surface area (Å²) in [5.74, 6) is -1.02. The molecule has 2 aromatic carbocycles. The molecule has 1 aliphatic rings. The summed E-state index contributed by atoms with van der Waals surface area (Å²) in [7, 11) is -9.82. The number of amides is 2. The standard InChI is InChI=1S/C26H28Br2N4O13P2.Na.H/c1-15-13-32(26(36)31-25(15)35)24-10-20(45-47(39,40)44-19-7-3-5-17(9-19)30-23(34)12-28)21(42-24)14-41-46(37,38)43-18-6-2-4-16(8-18)29-22(33)11-27;;/h2-9,13,20-21,24H,10-12,14H2,1H3,(H,29,33)(H,30,34)(H,37,38)(H,39,40)(H,31,35,36);;. The third-order valence-corrected chi connectivity index (χ3v) is 9.14. The van der Waals surface area contributed by atoms with Gasteiger partial charge < -0.3 is 24.4 Å². The molecule has 22 heteroatoms. The second-order valence-corrected chi connectivity index (χ2v) is 13.7. The predicted molar refractivity (Wildman–Crippen MR) is 181 cm³/mol. The van der Waals surface area contributed by atoms with Gasteiger partial charge in [-0.3, -0.25) is 42.8 Å². The van der Waals surface area contributed by atoms with Crippen LogP contribution in [0, 0.1) is 6.92 Å². The van der Waals surface area contributed by atoms with E-state index in [4.69, 9.17) is 22.8 Å². The van der Waals surface area contributed by atoms with Crippen LogP contribution in [0.3, 0.4) is 0 Å². The van der Waals surface area contributed by atoms with E-state index in [1.807, 2.05) is 0 Å². The Balaban J connectivity index is 0.00000625. The number of halogens is 2. The molecule has 0 radical (unpaired) electrons. The number of benzene rings is 2. The molecule has 5 N–H and O–H groups in total. The van der Waals surface area contributed by atoms with Crippen molar-refractivity contribution in [3.8, 4) is 11.5 Å². The minimum atomic E-state index is -4.95. The van der Waals surface area contributed by atoms with Crippen LogP contribution in [-0.2, 0) is 32.5 Å². The van der Waals surface area contributed by atoms with Gasteiger partial charge in [0.15, 0.2) is 0 Å². The Kier molecular flexibility index (Phi) is 14.9. The van der Waals surface area contributed by atoms with E-state index in [-0.39, 0.29) is 86.9 Å². The number of nitrogens with zero attached hydrogens (tertiary/aromatic N) is 1. The molecular weight excluding hydrogens is 821 g/mol. The molecule has 0 bridgehead atoms. The fraction of sp³-hybridized carbons (Fsp3) is 0.308. The second kappa shape index (κ2) is 17.7. The molecule has 0 saturated carbocycles. The number of anilines is 2. The van der Waals surface area contributed by atoms with Crippen molar-refractivity contribution in [2.75, 3.05) is 27.9 Å². The second-order valence-electron chi connectivity index (χ2n) is 9.82. The van der Waals surface area contributed by atoms with Gasteiger partial charge in [0, 0.05) is 41.7 Å². The van der Waals surface area contributed by atoms with Crippen molar-refractivity contribution >= 4 is 100 Å². The molecule has 2 amide bonds.